The van der Waals surface area contributed by atoms with E-state index in [0.29, 0.717) is 25.4 Å². The molecule has 0 radical (unpaired) electrons. The van der Waals surface area contributed by atoms with Crippen LogP contribution in [0.5, 0.6) is 5.75 Å². The van der Waals surface area contributed by atoms with E-state index >= 15 is 0 Å². The molecule has 0 aliphatic heterocycles. The summed E-state index contributed by atoms with van der Waals surface area (Å²) in [6, 6.07) is 11.7. The van der Waals surface area contributed by atoms with Gasteiger partial charge in [0, 0.05) is 24.5 Å². The number of nitro groups is 1. The number of fused-ring (bicyclic) bond motifs is 1. The van der Waals surface area contributed by atoms with Crippen molar-refractivity contribution in [3.05, 3.63) is 58.1 Å². The molecule has 9 nitrogen and oxygen atoms in total. The minimum atomic E-state index is -0.972. The molecular formula is C18H20N4O5S. The van der Waals surface area contributed by atoms with Crippen molar-refractivity contribution in [2.24, 2.45) is 0 Å². The Morgan fingerprint density at radius 3 is 2.96 bits per heavy atom. The van der Waals surface area contributed by atoms with Crippen molar-refractivity contribution in [2.45, 2.75) is 25.3 Å². The second-order valence-electron chi connectivity index (χ2n) is 5.90. The first-order chi connectivity index (χ1) is 14.0. The number of rotatable bonds is 10. The van der Waals surface area contributed by atoms with E-state index < -0.39 is 16.9 Å². The summed E-state index contributed by atoms with van der Waals surface area (Å²) in [5, 5.41) is 28.7. The highest BCUT2D eigenvalue weighted by atomic mass is 32.2. The van der Waals surface area contributed by atoms with Crippen molar-refractivity contribution in [1.82, 2.24) is 15.0 Å². The van der Waals surface area contributed by atoms with Crippen molar-refractivity contribution < 1.29 is 20.3 Å². The minimum absolute atomic E-state index is 0.144. The number of ether oxygens (including phenoxy) is 1. The van der Waals surface area contributed by atoms with Gasteiger partial charge in [-0.3, -0.25) is 10.1 Å². The van der Waals surface area contributed by atoms with E-state index in [9.17, 15) is 15.2 Å². The van der Waals surface area contributed by atoms with Crippen molar-refractivity contribution in [1.29, 1.82) is 0 Å². The van der Waals surface area contributed by atoms with Crippen LogP contribution in [0, 0.1) is 10.1 Å². The van der Waals surface area contributed by atoms with Crippen LogP contribution in [0.4, 0.5) is 5.69 Å². The summed E-state index contributed by atoms with van der Waals surface area (Å²) < 4.78 is 20.6. The lowest BCUT2D eigenvalue weighted by Gasteiger charge is -2.10. The van der Waals surface area contributed by atoms with Crippen LogP contribution < -0.4 is 4.74 Å². The second-order valence-corrected chi connectivity index (χ2v) is 6.54. The highest BCUT2D eigenvalue weighted by Crippen LogP contribution is 2.29. The quantitative estimate of drug-likeness (QED) is 0.236. The van der Waals surface area contributed by atoms with E-state index in [4.69, 9.17) is 10.3 Å². The predicted octanol–water partition coefficient (Wildman–Crippen LogP) is 3.48. The average Bonchev–Trinajstić information content (AvgIpc) is 3.14. The smallest absolute Gasteiger partial charge is 0.275 e. The third-order valence-corrected chi connectivity index (χ3v) is 4.46. The van der Waals surface area contributed by atoms with Crippen molar-refractivity contribution in [2.75, 3.05) is 13.2 Å². The number of para-hydroxylation sites is 1. The van der Waals surface area contributed by atoms with Gasteiger partial charge in [0.1, 0.15) is 17.1 Å². The molecule has 10 heteroatoms. The molecule has 0 aliphatic rings. The molecule has 0 bridgehead atoms. The first kappa shape index (κ1) is 18.7. The lowest BCUT2D eigenvalue weighted by Crippen LogP contribution is -2.04. The molecule has 1 aromatic heterocycles. The summed E-state index contributed by atoms with van der Waals surface area (Å²) in [5.41, 5.74) is 1.54. The standard InChI is InChI=1S/C18H20N4O5S/c1-13(23)15-11-14(7-8-17(15)22(24)25)26-9-4-10-27-28-12-21-18-6-3-2-5-16(18)19-20-21/h2-3,5-8,11,13,23H,4,9-10,12H2,1H3/i12D. The molecule has 1 N–H and O–H groups in total. The number of hydrogen-bond donors (Lipinski definition) is 1. The largest absolute Gasteiger partial charge is 0.493 e. The van der Waals surface area contributed by atoms with Crippen LogP contribution in [-0.2, 0) is 10.0 Å². The normalized spacial score (nSPS) is 13.9. The molecule has 1 heterocycles. The summed E-state index contributed by atoms with van der Waals surface area (Å²) in [6.45, 7) is 2.14. The molecule has 0 amide bonds. The number of aromatic nitrogens is 3. The lowest BCUT2D eigenvalue weighted by atomic mass is 10.1. The Kier molecular flexibility index (Phi) is 6.32. The van der Waals surface area contributed by atoms with E-state index in [1.807, 2.05) is 24.3 Å². The van der Waals surface area contributed by atoms with Crippen LogP contribution in [0.3, 0.4) is 0 Å². The third-order valence-electron chi connectivity index (χ3n) is 3.87. The van der Waals surface area contributed by atoms with Gasteiger partial charge in [-0.25, -0.2) is 4.68 Å². The Balaban J connectivity index is 1.43. The van der Waals surface area contributed by atoms with Crippen LogP contribution in [0.25, 0.3) is 11.0 Å². The van der Waals surface area contributed by atoms with Crippen LogP contribution in [0.1, 0.15) is 26.4 Å². The van der Waals surface area contributed by atoms with Crippen LogP contribution >= 0.6 is 12.0 Å². The fraction of sp³-hybridized carbons (Fsp3) is 0.333. The molecule has 3 rings (SSSR count). The number of hydrogen-bond acceptors (Lipinski definition) is 8. The first-order valence-electron chi connectivity index (χ1n) is 9.14. The summed E-state index contributed by atoms with van der Waals surface area (Å²) >= 11 is 0.970. The highest BCUT2D eigenvalue weighted by Gasteiger charge is 2.18. The van der Waals surface area contributed by atoms with Crippen molar-refractivity contribution >= 4 is 28.8 Å². The Morgan fingerprint density at radius 2 is 2.18 bits per heavy atom. The minimum Gasteiger partial charge on any atom is -0.493 e. The van der Waals surface area contributed by atoms with Crippen LogP contribution in [0.15, 0.2) is 42.5 Å². The monoisotopic (exact) mass is 405 g/mol. The molecule has 0 saturated carbocycles. The number of nitro benzene ring substituents is 1. The molecule has 0 saturated heterocycles. The summed E-state index contributed by atoms with van der Waals surface area (Å²) in [6.07, 6.45) is -0.417. The topological polar surface area (TPSA) is 113 Å². The molecule has 148 valence electrons. The van der Waals surface area contributed by atoms with Gasteiger partial charge < -0.3 is 14.0 Å². The van der Waals surface area contributed by atoms with Gasteiger partial charge >= 0.3 is 0 Å². The molecule has 28 heavy (non-hydrogen) atoms. The molecule has 0 fully saturated rings. The van der Waals surface area contributed by atoms with Crippen molar-refractivity contribution in [3.63, 3.8) is 0 Å². The zero-order valence-corrected chi connectivity index (χ0v) is 15.9. The first-order valence-corrected chi connectivity index (χ1v) is 9.37. The Hall–Kier alpha value is -2.69. The van der Waals surface area contributed by atoms with E-state index in [2.05, 4.69) is 10.3 Å². The summed E-state index contributed by atoms with van der Waals surface area (Å²) in [4.78, 5) is 10.5. The van der Waals surface area contributed by atoms with Gasteiger partial charge in [0.15, 0.2) is 0 Å². The molecule has 2 atom stereocenters. The maximum atomic E-state index is 11.0. The van der Waals surface area contributed by atoms with E-state index in [1.165, 1.54) is 29.8 Å². The van der Waals surface area contributed by atoms with Gasteiger partial charge in [-0.15, -0.1) is 5.10 Å². The molecule has 0 spiro atoms. The second kappa shape index (κ2) is 9.49. The predicted molar refractivity (Wildman–Crippen MR) is 105 cm³/mol. The van der Waals surface area contributed by atoms with Crippen LogP contribution in [-0.4, -0.2) is 38.2 Å². The van der Waals surface area contributed by atoms with E-state index in [1.54, 1.807) is 0 Å². The number of benzene rings is 2. The molecule has 3 aromatic rings. The SMILES string of the molecule is [2H]C(SOCCCOc1ccc([N+](=O)[O-])c(C(C)O)c1)n1nnc2ccccc21. The van der Waals surface area contributed by atoms with Gasteiger partial charge in [0.05, 0.1) is 36.7 Å². The van der Waals surface area contributed by atoms with Crippen molar-refractivity contribution in [3.8, 4) is 5.75 Å². The molecular weight excluding hydrogens is 384 g/mol. The summed E-state index contributed by atoms with van der Waals surface area (Å²) in [5.74, 6) is -0.349. The van der Waals surface area contributed by atoms with Gasteiger partial charge in [0.2, 0.25) is 0 Å². The fourth-order valence-corrected chi connectivity index (χ4v) is 3.03. The number of aliphatic hydroxyl groups excluding tert-OH is 1. The Bertz CT molecular complexity index is 984. The molecule has 2 aromatic carbocycles. The Labute approximate surface area is 167 Å². The van der Waals surface area contributed by atoms with Gasteiger partial charge in [-0.05, 0) is 31.2 Å². The van der Waals surface area contributed by atoms with E-state index in [0.717, 1.165) is 23.1 Å². The molecule has 0 aliphatic carbocycles. The number of nitrogens with zero attached hydrogens (tertiary/aromatic N) is 4. The lowest BCUT2D eigenvalue weighted by molar-refractivity contribution is -0.386. The highest BCUT2D eigenvalue weighted by molar-refractivity contribution is 7.93. The summed E-state index contributed by atoms with van der Waals surface area (Å²) in [7, 11) is 0. The average molecular weight is 405 g/mol. The molecule has 2 unspecified atom stereocenters. The Morgan fingerprint density at radius 1 is 1.36 bits per heavy atom. The van der Waals surface area contributed by atoms with Crippen LogP contribution in [0.2, 0.25) is 0 Å². The van der Waals surface area contributed by atoms with Gasteiger partial charge in [-0.2, -0.15) is 0 Å². The maximum absolute atomic E-state index is 11.0. The third kappa shape index (κ3) is 4.97. The fourth-order valence-electron chi connectivity index (χ4n) is 2.52. The zero-order chi connectivity index (χ0) is 20.8. The van der Waals surface area contributed by atoms with Gasteiger partial charge in [0.25, 0.3) is 5.69 Å². The van der Waals surface area contributed by atoms with E-state index in [-0.39, 0.29) is 11.3 Å². The maximum Gasteiger partial charge on any atom is 0.275 e. The van der Waals surface area contributed by atoms with Gasteiger partial charge in [-0.1, -0.05) is 17.3 Å². The zero-order valence-electron chi connectivity index (χ0n) is 16.1. The number of aliphatic hydroxyl groups is 1.